The van der Waals surface area contributed by atoms with Gasteiger partial charge in [-0.05, 0) is 31.4 Å². The molecular weight excluding hydrogens is 409 g/mol. The first-order valence-electron chi connectivity index (χ1n) is 10.6. The van der Waals surface area contributed by atoms with Crippen LogP contribution in [0.25, 0.3) is 11.4 Å². The monoisotopic (exact) mass is 434 g/mol. The maximum Gasteiger partial charge on any atom is 0.433 e. The third-order valence-corrected chi connectivity index (χ3v) is 5.73. The highest BCUT2D eigenvalue weighted by molar-refractivity contribution is 5.74. The van der Waals surface area contributed by atoms with E-state index in [9.17, 15) is 18.0 Å². The van der Waals surface area contributed by atoms with E-state index in [4.69, 9.17) is 0 Å². The maximum atomic E-state index is 13.4. The lowest BCUT2D eigenvalue weighted by Crippen LogP contribution is -2.47. The van der Waals surface area contributed by atoms with Crippen molar-refractivity contribution in [3.63, 3.8) is 0 Å². The lowest BCUT2D eigenvalue weighted by atomic mass is 9.96. The molecule has 1 unspecified atom stereocenters. The number of carbonyl (C=O) groups excluding carboxylic acids is 1. The van der Waals surface area contributed by atoms with Gasteiger partial charge in [0.05, 0.1) is 0 Å². The highest BCUT2D eigenvalue weighted by atomic mass is 19.4. The van der Waals surface area contributed by atoms with Crippen molar-refractivity contribution in [2.75, 3.05) is 18.0 Å². The van der Waals surface area contributed by atoms with Gasteiger partial charge in [0.1, 0.15) is 5.82 Å². The predicted octanol–water partition coefficient (Wildman–Crippen LogP) is 3.77. The molecular formula is C21H25F3N6O. The average Bonchev–Trinajstić information content (AvgIpc) is 3.22. The minimum Gasteiger partial charge on any atom is -0.354 e. The van der Waals surface area contributed by atoms with Gasteiger partial charge in [0.2, 0.25) is 0 Å². The van der Waals surface area contributed by atoms with Gasteiger partial charge >= 0.3 is 12.2 Å². The van der Waals surface area contributed by atoms with Gasteiger partial charge in [0, 0.05) is 49.2 Å². The lowest BCUT2D eigenvalue weighted by molar-refractivity contribution is -0.141. The third kappa shape index (κ3) is 5.42. The van der Waals surface area contributed by atoms with Crippen molar-refractivity contribution < 1.29 is 18.0 Å². The minimum atomic E-state index is -4.59. The van der Waals surface area contributed by atoms with Crippen molar-refractivity contribution in [1.82, 2.24) is 25.6 Å². The zero-order chi connectivity index (χ0) is 21.8. The molecule has 1 atom stereocenters. The van der Waals surface area contributed by atoms with Crippen molar-refractivity contribution in [2.45, 2.75) is 56.8 Å². The molecule has 0 aromatic carbocycles. The summed E-state index contributed by atoms with van der Waals surface area (Å²) in [6.07, 6.45) is 4.45. The number of nitrogens with one attached hydrogen (secondary N) is 2. The summed E-state index contributed by atoms with van der Waals surface area (Å²) in [4.78, 5) is 26.0. The normalized spacial score (nSPS) is 20.0. The minimum absolute atomic E-state index is 0.00123. The Morgan fingerprint density at radius 1 is 1.00 bits per heavy atom. The van der Waals surface area contributed by atoms with E-state index in [2.05, 4.69) is 25.6 Å². The summed E-state index contributed by atoms with van der Waals surface area (Å²) in [7, 11) is 0. The van der Waals surface area contributed by atoms with Crippen LogP contribution in [-0.4, -0.2) is 46.2 Å². The van der Waals surface area contributed by atoms with E-state index in [1.54, 1.807) is 17.0 Å². The number of anilines is 1. The fourth-order valence-corrected chi connectivity index (χ4v) is 4.12. The van der Waals surface area contributed by atoms with Crippen LogP contribution < -0.4 is 15.5 Å². The highest BCUT2D eigenvalue weighted by Gasteiger charge is 2.35. The Bertz CT molecular complexity index is 902. The second-order valence-electron chi connectivity index (χ2n) is 8.05. The van der Waals surface area contributed by atoms with Crippen molar-refractivity contribution in [3.8, 4) is 11.4 Å². The van der Waals surface area contributed by atoms with E-state index >= 15 is 0 Å². The number of alkyl halides is 3. The molecule has 1 aliphatic carbocycles. The van der Waals surface area contributed by atoms with Crippen molar-refractivity contribution in [2.24, 2.45) is 0 Å². The van der Waals surface area contributed by atoms with Gasteiger partial charge in [-0.3, -0.25) is 4.98 Å². The van der Waals surface area contributed by atoms with E-state index in [1.165, 1.54) is 18.8 Å². The molecule has 3 heterocycles. The molecule has 0 spiro atoms. The van der Waals surface area contributed by atoms with Crippen molar-refractivity contribution in [1.29, 1.82) is 0 Å². The highest BCUT2D eigenvalue weighted by Crippen LogP contribution is 2.32. The summed E-state index contributed by atoms with van der Waals surface area (Å²) in [5.41, 5.74) is -0.529. The van der Waals surface area contributed by atoms with E-state index in [1.807, 2.05) is 0 Å². The number of halogens is 3. The van der Waals surface area contributed by atoms with Crippen LogP contribution in [0.15, 0.2) is 30.6 Å². The molecule has 0 radical (unpaired) electrons. The smallest absolute Gasteiger partial charge is 0.354 e. The number of pyridine rings is 1. The first kappa shape index (κ1) is 21.3. The first-order chi connectivity index (χ1) is 14.9. The van der Waals surface area contributed by atoms with Gasteiger partial charge in [0.15, 0.2) is 11.5 Å². The molecule has 2 N–H and O–H groups in total. The van der Waals surface area contributed by atoms with E-state index in [-0.39, 0.29) is 29.8 Å². The van der Waals surface area contributed by atoms with Crippen LogP contribution in [0.1, 0.15) is 44.2 Å². The summed E-state index contributed by atoms with van der Waals surface area (Å²) in [5.74, 6) is 0.199. The van der Waals surface area contributed by atoms with E-state index in [0.29, 0.717) is 25.1 Å². The number of carbonyl (C=O) groups is 1. The van der Waals surface area contributed by atoms with Gasteiger partial charge in [0.25, 0.3) is 0 Å². The Kier molecular flexibility index (Phi) is 6.24. The van der Waals surface area contributed by atoms with E-state index < -0.39 is 11.9 Å². The second-order valence-corrected chi connectivity index (χ2v) is 8.05. The summed E-state index contributed by atoms with van der Waals surface area (Å²) in [6.45, 7) is 0.890. The molecule has 7 nitrogen and oxygen atoms in total. The Hall–Kier alpha value is -2.91. The molecule has 31 heavy (non-hydrogen) atoms. The fourth-order valence-electron chi connectivity index (χ4n) is 4.12. The van der Waals surface area contributed by atoms with Crippen LogP contribution in [0.4, 0.5) is 23.8 Å². The standard InChI is InChI=1S/C21H25F3N6O/c22-21(23,24)17-12-18(29-19(28-17)14-6-9-25-10-7-14)30-11-8-16(13-30)27-20(31)26-15-4-2-1-3-5-15/h6-7,9-10,12,15-16H,1-5,8,11,13H2,(H2,26,27,31). The molecule has 166 valence electrons. The number of aromatic nitrogens is 3. The van der Waals surface area contributed by atoms with E-state index in [0.717, 1.165) is 31.7 Å². The van der Waals surface area contributed by atoms with Gasteiger partial charge in [-0.1, -0.05) is 19.3 Å². The topological polar surface area (TPSA) is 83.0 Å². The Morgan fingerprint density at radius 2 is 1.71 bits per heavy atom. The molecule has 2 aliphatic rings. The average molecular weight is 434 g/mol. The Balaban J connectivity index is 1.46. The molecule has 1 saturated heterocycles. The number of urea groups is 1. The van der Waals surface area contributed by atoms with Gasteiger partial charge < -0.3 is 15.5 Å². The quantitative estimate of drug-likeness (QED) is 0.766. The van der Waals surface area contributed by atoms with Gasteiger partial charge in [-0.25, -0.2) is 14.8 Å². The van der Waals surface area contributed by atoms with Crippen molar-refractivity contribution in [3.05, 3.63) is 36.3 Å². The number of hydrogen-bond acceptors (Lipinski definition) is 5. The fraction of sp³-hybridized carbons (Fsp3) is 0.524. The van der Waals surface area contributed by atoms with Crippen LogP contribution >= 0.6 is 0 Å². The van der Waals surface area contributed by atoms with Crippen LogP contribution in [0.5, 0.6) is 0 Å². The first-order valence-corrected chi connectivity index (χ1v) is 10.6. The largest absolute Gasteiger partial charge is 0.433 e. The van der Waals surface area contributed by atoms with Crippen LogP contribution in [-0.2, 0) is 6.18 Å². The molecule has 2 amide bonds. The van der Waals surface area contributed by atoms with Crippen LogP contribution in [0, 0.1) is 0 Å². The third-order valence-electron chi connectivity index (χ3n) is 5.73. The van der Waals surface area contributed by atoms with Gasteiger partial charge in [-0.15, -0.1) is 0 Å². The molecule has 1 aliphatic heterocycles. The Labute approximate surface area is 178 Å². The number of nitrogens with zero attached hydrogens (tertiary/aromatic N) is 4. The predicted molar refractivity (Wildman–Crippen MR) is 109 cm³/mol. The lowest BCUT2D eigenvalue weighted by Gasteiger charge is -2.24. The Morgan fingerprint density at radius 3 is 2.42 bits per heavy atom. The number of rotatable bonds is 4. The zero-order valence-corrected chi connectivity index (χ0v) is 17.0. The second kappa shape index (κ2) is 9.07. The summed E-state index contributed by atoms with van der Waals surface area (Å²) >= 11 is 0. The van der Waals surface area contributed by atoms with Crippen LogP contribution in [0.2, 0.25) is 0 Å². The summed E-state index contributed by atoms with van der Waals surface area (Å²) in [5, 5.41) is 5.96. The number of hydrogen-bond donors (Lipinski definition) is 2. The SMILES string of the molecule is O=C(NC1CCCCC1)NC1CCN(c2cc(C(F)(F)F)nc(-c3ccncc3)n2)C1. The zero-order valence-electron chi connectivity index (χ0n) is 17.0. The maximum absolute atomic E-state index is 13.4. The van der Waals surface area contributed by atoms with Crippen LogP contribution in [0.3, 0.4) is 0 Å². The molecule has 0 bridgehead atoms. The molecule has 4 rings (SSSR count). The van der Waals surface area contributed by atoms with Gasteiger partial charge in [-0.2, -0.15) is 13.2 Å². The summed E-state index contributed by atoms with van der Waals surface area (Å²) < 4.78 is 40.3. The van der Waals surface area contributed by atoms with Crippen molar-refractivity contribution >= 4 is 11.8 Å². The summed E-state index contributed by atoms with van der Waals surface area (Å²) in [6, 6.07) is 3.94. The molecule has 10 heteroatoms. The number of amides is 2. The molecule has 2 fully saturated rings. The molecule has 1 saturated carbocycles. The molecule has 2 aromatic heterocycles. The molecule has 2 aromatic rings.